The number of nitrogens with one attached hydrogen (secondary N) is 2. The summed E-state index contributed by atoms with van der Waals surface area (Å²) in [6.45, 7) is 1.40. The van der Waals surface area contributed by atoms with Crippen molar-refractivity contribution in [1.82, 2.24) is 14.5 Å². The average Bonchev–Trinajstić information content (AvgIpc) is 3.30. The molecule has 10 nitrogen and oxygen atoms in total. The Morgan fingerprint density at radius 3 is 2.67 bits per heavy atom. The van der Waals surface area contributed by atoms with E-state index in [-0.39, 0.29) is 23.3 Å². The number of fused-ring (bicyclic) bond motifs is 1. The van der Waals surface area contributed by atoms with E-state index in [1.54, 1.807) is 36.2 Å². The molecule has 156 valence electrons. The Morgan fingerprint density at radius 1 is 1.17 bits per heavy atom. The summed E-state index contributed by atoms with van der Waals surface area (Å²) in [5.74, 6) is 1.57. The lowest BCUT2D eigenvalue weighted by atomic mass is 10.2. The predicted molar refractivity (Wildman–Crippen MR) is 112 cm³/mol. The molecule has 0 bridgehead atoms. The number of imidazole rings is 1. The van der Waals surface area contributed by atoms with Gasteiger partial charge in [0.1, 0.15) is 5.58 Å². The van der Waals surface area contributed by atoms with Crippen LogP contribution in [0.4, 0.5) is 16.3 Å². The van der Waals surface area contributed by atoms with E-state index in [1.807, 2.05) is 11.8 Å². The molecule has 0 saturated carbocycles. The number of hydrogen-bond donors (Lipinski definition) is 3. The Hall–Kier alpha value is -3.47. The molecule has 0 radical (unpaired) electrons. The number of nitrogens with zero attached hydrogens (tertiary/aromatic N) is 3. The lowest BCUT2D eigenvalue weighted by Gasteiger charge is -2.25. The van der Waals surface area contributed by atoms with Gasteiger partial charge in [0.2, 0.25) is 5.82 Å². The zero-order chi connectivity index (χ0) is 21.3. The van der Waals surface area contributed by atoms with E-state index in [1.165, 1.54) is 10.8 Å². The van der Waals surface area contributed by atoms with Crippen molar-refractivity contribution >= 4 is 52.1 Å². The van der Waals surface area contributed by atoms with Crippen molar-refractivity contribution in [3.8, 4) is 0 Å². The van der Waals surface area contributed by atoms with Crippen LogP contribution in [0.5, 0.6) is 0 Å². The lowest BCUT2D eigenvalue weighted by Crippen LogP contribution is -2.37. The number of anilines is 2. The molecule has 1 aromatic carbocycles. The molecule has 3 heterocycles. The molecule has 2 aromatic heterocycles. The fourth-order valence-electron chi connectivity index (χ4n) is 3.18. The first-order valence-electron chi connectivity index (χ1n) is 9.16. The van der Waals surface area contributed by atoms with Gasteiger partial charge in [0.15, 0.2) is 11.6 Å². The van der Waals surface area contributed by atoms with Crippen molar-refractivity contribution in [3.63, 3.8) is 0 Å². The third-order valence-corrected chi connectivity index (χ3v) is 5.54. The van der Waals surface area contributed by atoms with Crippen LogP contribution in [0, 0.1) is 0 Å². The Balaban J connectivity index is 1.51. The number of aromatic nitrogens is 2. The van der Waals surface area contributed by atoms with Gasteiger partial charge in [-0.05, 0) is 24.3 Å². The molecular formula is C19H19N5O5S. The standard InChI is InChI=1S/C19H19N5O5S/c1-23-10-15(22-19(27)28)21-16(23)17(25)20-12-2-3-13-11(8-12)9-14(29-13)18(26)24-4-6-30-7-5-24/h2-3,8-10,22H,4-7H2,1H3,(H,20,25)(H,27,28). The first-order chi connectivity index (χ1) is 14.4. The molecule has 0 aliphatic carbocycles. The first kappa shape index (κ1) is 19.8. The number of carbonyl (C=O) groups is 3. The summed E-state index contributed by atoms with van der Waals surface area (Å²) in [7, 11) is 1.59. The quantitative estimate of drug-likeness (QED) is 0.581. The van der Waals surface area contributed by atoms with Crippen molar-refractivity contribution in [2.24, 2.45) is 7.05 Å². The van der Waals surface area contributed by atoms with Crippen LogP contribution in [0.1, 0.15) is 21.2 Å². The minimum atomic E-state index is -1.26. The van der Waals surface area contributed by atoms with Crippen molar-refractivity contribution in [2.75, 3.05) is 35.2 Å². The minimum Gasteiger partial charge on any atom is -0.465 e. The molecule has 0 atom stereocenters. The monoisotopic (exact) mass is 429 g/mol. The van der Waals surface area contributed by atoms with Gasteiger partial charge in [-0.2, -0.15) is 11.8 Å². The minimum absolute atomic E-state index is 0.0462. The largest absolute Gasteiger partial charge is 0.465 e. The summed E-state index contributed by atoms with van der Waals surface area (Å²) in [5.41, 5.74) is 1.05. The highest BCUT2D eigenvalue weighted by Gasteiger charge is 2.22. The zero-order valence-electron chi connectivity index (χ0n) is 16.0. The number of thioether (sulfide) groups is 1. The van der Waals surface area contributed by atoms with Crippen LogP contribution in [-0.2, 0) is 7.05 Å². The van der Waals surface area contributed by atoms with E-state index < -0.39 is 12.0 Å². The van der Waals surface area contributed by atoms with Crippen LogP contribution in [0.3, 0.4) is 0 Å². The summed E-state index contributed by atoms with van der Waals surface area (Å²) in [4.78, 5) is 41.6. The van der Waals surface area contributed by atoms with Gasteiger partial charge in [-0.15, -0.1) is 0 Å². The van der Waals surface area contributed by atoms with Gasteiger partial charge in [-0.1, -0.05) is 0 Å². The second-order valence-corrected chi connectivity index (χ2v) is 7.94. The second-order valence-electron chi connectivity index (χ2n) is 6.71. The highest BCUT2D eigenvalue weighted by molar-refractivity contribution is 7.99. The number of benzene rings is 1. The van der Waals surface area contributed by atoms with E-state index in [0.29, 0.717) is 29.7 Å². The van der Waals surface area contributed by atoms with Crippen molar-refractivity contribution in [1.29, 1.82) is 0 Å². The molecule has 30 heavy (non-hydrogen) atoms. The Morgan fingerprint density at radius 2 is 1.93 bits per heavy atom. The van der Waals surface area contributed by atoms with Crippen LogP contribution >= 0.6 is 11.8 Å². The maximum atomic E-state index is 12.6. The van der Waals surface area contributed by atoms with Crippen molar-refractivity contribution in [3.05, 3.63) is 42.0 Å². The lowest BCUT2D eigenvalue weighted by molar-refractivity contribution is 0.0742. The maximum Gasteiger partial charge on any atom is 0.410 e. The topological polar surface area (TPSA) is 130 Å². The van der Waals surface area contributed by atoms with Crippen molar-refractivity contribution < 1.29 is 23.9 Å². The van der Waals surface area contributed by atoms with Crippen LogP contribution in [0.25, 0.3) is 11.0 Å². The van der Waals surface area contributed by atoms with Gasteiger partial charge in [0.05, 0.1) is 0 Å². The molecule has 1 aliphatic heterocycles. The SMILES string of the molecule is Cn1cc(NC(=O)O)nc1C(=O)Nc1ccc2oc(C(=O)N3CCSCC3)cc2c1. The molecule has 4 rings (SSSR count). The third kappa shape index (κ3) is 4.10. The fourth-order valence-corrected chi connectivity index (χ4v) is 4.09. The number of carboxylic acid groups (broad SMARTS) is 1. The summed E-state index contributed by atoms with van der Waals surface area (Å²) >= 11 is 1.82. The van der Waals surface area contributed by atoms with Gasteiger partial charge in [0, 0.05) is 48.9 Å². The molecule has 0 unspecified atom stereocenters. The number of hydrogen-bond acceptors (Lipinski definition) is 6. The summed E-state index contributed by atoms with van der Waals surface area (Å²) in [6.07, 6.45) is 0.137. The third-order valence-electron chi connectivity index (χ3n) is 4.60. The van der Waals surface area contributed by atoms with Gasteiger partial charge < -0.3 is 24.3 Å². The second kappa shape index (κ2) is 8.11. The summed E-state index contributed by atoms with van der Waals surface area (Å²) < 4.78 is 7.12. The highest BCUT2D eigenvalue weighted by Crippen LogP contribution is 2.25. The number of amides is 3. The Labute approximate surface area is 175 Å². The van der Waals surface area contributed by atoms with Crippen LogP contribution in [0.15, 0.2) is 34.9 Å². The number of rotatable bonds is 4. The van der Waals surface area contributed by atoms with Gasteiger partial charge >= 0.3 is 6.09 Å². The summed E-state index contributed by atoms with van der Waals surface area (Å²) in [6, 6.07) is 6.72. The maximum absolute atomic E-state index is 12.6. The molecule has 1 aliphatic rings. The van der Waals surface area contributed by atoms with E-state index in [4.69, 9.17) is 9.52 Å². The molecule has 11 heteroatoms. The van der Waals surface area contributed by atoms with Gasteiger partial charge in [-0.25, -0.2) is 9.78 Å². The number of aryl methyl sites for hydroxylation is 1. The zero-order valence-corrected chi connectivity index (χ0v) is 16.9. The fraction of sp³-hybridized carbons (Fsp3) is 0.263. The van der Waals surface area contributed by atoms with Crippen LogP contribution < -0.4 is 10.6 Å². The molecule has 3 N–H and O–H groups in total. The molecule has 3 aromatic rings. The van der Waals surface area contributed by atoms with E-state index in [2.05, 4.69) is 15.6 Å². The predicted octanol–water partition coefficient (Wildman–Crippen LogP) is 2.70. The highest BCUT2D eigenvalue weighted by atomic mass is 32.2. The van der Waals surface area contributed by atoms with Gasteiger partial charge in [0.25, 0.3) is 11.8 Å². The van der Waals surface area contributed by atoms with E-state index >= 15 is 0 Å². The smallest absolute Gasteiger partial charge is 0.410 e. The van der Waals surface area contributed by atoms with E-state index in [0.717, 1.165) is 11.5 Å². The van der Waals surface area contributed by atoms with Crippen LogP contribution in [0.2, 0.25) is 0 Å². The van der Waals surface area contributed by atoms with Crippen LogP contribution in [-0.4, -0.2) is 62.1 Å². The number of furan rings is 1. The molecule has 1 saturated heterocycles. The van der Waals surface area contributed by atoms with Crippen molar-refractivity contribution in [2.45, 2.75) is 0 Å². The molecule has 0 spiro atoms. The Bertz CT molecular complexity index is 1130. The normalized spacial score (nSPS) is 14.0. The first-order valence-corrected chi connectivity index (χ1v) is 10.3. The van der Waals surface area contributed by atoms with Gasteiger partial charge in [-0.3, -0.25) is 14.9 Å². The number of carbonyl (C=O) groups excluding carboxylic acids is 2. The van der Waals surface area contributed by atoms with E-state index in [9.17, 15) is 14.4 Å². The average molecular weight is 429 g/mol. The molecule has 1 fully saturated rings. The molecular weight excluding hydrogens is 410 g/mol. The molecule has 3 amide bonds. The summed E-state index contributed by atoms with van der Waals surface area (Å²) in [5, 5.41) is 14.3. The Kier molecular flexibility index (Phi) is 5.36.